The van der Waals surface area contributed by atoms with Gasteiger partial charge in [-0.2, -0.15) is 13.2 Å². The lowest BCUT2D eigenvalue weighted by Gasteiger charge is -2.24. The second-order valence-corrected chi connectivity index (χ2v) is 6.21. The summed E-state index contributed by atoms with van der Waals surface area (Å²) < 4.78 is 65.9. The van der Waals surface area contributed by atoms with Crippen molar-refractivity contribution in [2.75, 3.05) is 13.6 Å². The highest BCUT2D eigenvalue weighted by Gasteiger charge is 2.33. The fourth-order valence-electron chi connectivity index (χ4n) is 2.34. The first-order valence-corrected chi connectivity index (χ1v) is 8.43. The maximum atomic E-state index is 14.4. The number of alkyl halides is 3. The van der Waals surface area contributed by atoms with E-state index >= 15 is 0 Å². The van der Waals surface area contributed by atoms with Crippen LogP contribution in [-0.2, 0) is 9.59 Å². The molecule has 1 aromatic carbocycles. The van der Waals surface area contributed by atoms with E-state index in [0.29, 0.717) is 6.41 Å². The largest absolute Gasteiger partial charge is 0.412 e. The summed E-state index contributed by atoms with van der Waals surface area (Å²) in [6, 6.07) is -0.327. The van der Waals surface area contributed by atoms with Crippen molar-refractivity contribution in [3.63, 3.8) is 0 Å². The molecule has 0 aliphatic rings. The van der Waals surface area contributed by atoms with Gasteiger partial charge in [0.2, 0.25) is 12.3 Å². The van der Waals surface area contributed by atoms with Gasteiger partial charge in [-0.3, -0.25) is 9.59 Å². The maximum absolute atomic E-state index is 14.4. The zero-order chi connectivity index (χ0) is 21.5. The van der Waals surface area contributed by atoms with E-state index in [9.17, 15) is 31.5 Å². The van der Waals surface area contributed by atoms with Crippen molar-refractivity contribution in [1.29, 1.82) is 0 Å². The normalized spacial score (nSPS) is 13.5. The third-order valence-corrected chi connectivity index (χ3v) is 4.31. The monoisotopic (exact) mass is 427 g/mol. The van der Waals surface area contributed by atoms with Gasteiger partial charge in [0.15, 0.2) is 0 Å². The Kier molecular flexibility index (Phi) is 8.83. The summed E-state index contributed by atoms with van der Waals surface area (Å²) in [7, 11) is 1.42. The molecule has 2 amide bonds. The molecule has 1 rings (SSSR count). The van der Waals surface area contributed by atoms with Crippen LogP contribution in [0.5, 0.6) is 0 Å². The maximum Gasteiger partial charge on any atom is 0.412 e. The van der Waals surface area contributed by atoms with E-state index in [1.165, 1.54) is 7.05 Å². The van der Waals surface area contributed by atoms with Gasteiger partial charge < -0.3 is 16.0 Å². The van der Waals surface area contributed by atoms with Crippen LogP contribution in [0, 0.1) is 11.6 Å². The lowest BCUT2D eigenvalue weighted by molar-refractivity contribution is -0.123. The van der Waals surface area contributed by atoms with Gasteiger partial charge in [0.05, 0.1) is 6.04 Å². The summed E-state index contributed by atoms with van der Waals surface area (Å²) in [5, 5.41) is 6.45. The number of amides is 2. The summed E-state index contributed by atoms with van der Waals surface area (Å²) in [5.74, 6) is -2.94. The molecule has 2 atom stereocenters. The second-order valence-electron chi connectivity index (χ2n) is 5.83. The predicted octanol–water partition coefficient (Wildman–Crippen LogP) is 3.01. The molecule has 11 heteroatoms. The van der Waals surface area contributed by atoms with Gasteiger partial charge in [-0.1, -0.05) is 24.2 Å². The molecule has 0 radical (unpaired) electrons. The molecule has 0 spiro atoms. The molecule has 0 aliphatic heterocycles. The van der Waals surface area contributed by atoms with Gasteiger partial charge in [0, 0.05) is 17.7 Å². The summed E-state index contributed by atoms with van der Waals surface area (Å²) in [5.41, 5.74) is -1.33. The molecule has 2 unspecified atom stereocenters. The van der Waals surface area contributed by atoms with Crippen molar-refractivity contribution < 1.29 is 31.5 Å². The first kappa shape index (κ1) is 23.8. The standard InChI is InChI=1S/C17H19ClF5N3O2/c1-9(17(21,22)23)3-6-12(10-4-5-11(19)14(18)15(10)20)26-16(28)13(24-2)7-25-8-27/h4-5,8,12-13,24H,1,3,6-7H2,2H3,(H,25,27)(H,26,28). The summed E-state index contributed by atoms with van der Waals surface area (Å²) in [6.07, 6.45) is -5.24. The predicted molar refractivity (Wildman–Crippen MR) is 93.6 cm³/mol. The minimum absolute atomic E-state index is 0.111. The highest BCUT2D eigenvalue weighted by molar-refractivity contribution is 6.31. The zero-order valence-corrected chi connectivity index (χ0v) is 15.6. The van der Waals surface area contributed by atoms with Crippen LogP contribution in [0.2, 0.25) is 5.02 Å². The third kappa shape index (κ3) is 6.45. The molecule has 0 aromatic heterocycles. The molecule has 156 valence electrons. The average Bonchev–Trinajstić information content (AvgIpc) is 2.63. The van der Waals surface area contributed by atoms with Gasteiger partial charge in [0.25, 0.3) is 0 Å². The summed E-state index contributed by atoms with van der Waals surface area (Å²) >= 11 is 5.54. The number of allylic oxidation sites excluding steroid dienone is 1. The SMILES string of the molecule is C=C(CCC(NC(=O)C(CNC=O)NC)c1ccc(F)c(Cl)c1F)C(F)(F)F. The van der Waals surface area contributed by atoms with Crippen LogP contribution in [-0.4, -0.2) is 38.1 Å². The molecule has 0 aliphatic carbocycles. The van der Waals surface area contributed by atoms with Crippen LogP contribution in [0.15, 0.2) is 24.3 Å². The summed E-state index contributed by atoms with van der Waals surface area (Å²) in [4.78, 5) is 22.8. The topological polar surface area (TPSA) is 70.2 Å². The summed E-state index contributed by atoms with van der Waals surface area (Å²) in [6.45, 7) is 2.83. The Morgan fingerprint density at radius 3 is 2.50 bits per heavy atom. The smallest absolute Gasteiger partial charge is 0.357 e. The van der Waals surface area contributed by atoms with Gasteiger partial charge in [-0.15, -0.1) is 0 Å². The number of hydrogen-bond donors (Lipinski definition) is 3. The van der Waals surface area contributed by atoms with Crippen LogP contribution >= 0.6 is 11.6 Å². The minimum Gasteiger partial charge on any atom is -0.357 e. The first-order chi connectivity index (χ1) is 13.0. The van der Waals surface area contributed by atoms with Gasteiger partial charge in [-0.05, 0) is 26.0 Å². The Morgan fingerprint density at radius 1 is 1.32 bits per heavy atom. The van der Waals surface area contributed by atoms with Crippen LogP contribution < -0.4 is 16.0 Å². The van der Waals surface area contributed by atoms with E-state index in [4.69, 9.17) is 11.6 Å². The van der Waals surface area contributed by atoms with Crippen LogP contribution in [0.4, 0.5) is 22.0 Å². The van der Waals surface area contributed by atoms with Crippen LogP contribution in [0.25, 0.3) is 0 Å². The quantitative estimate of drug-likeness (QED) is 0.233. The number of rotatable bonds is 10. The number of halogens is 6. The van der Waals surface area contributed by atoms with Crippen molar-refractivity contribution >= 4 is 23.9 Å². The van der Waals surface area contributed by atoms with Gasteiger partial charge in [-0.25, -0.2) is 8.78 Å². The molecular formula is C17H19ClF5N3O2. The highest BCUT2D eigenvalue weighted by atomic mass is 35.5. The van der Waals surface area contributed by atoms with E-state index in [1.54, 1.807) is 0 Å². The Balaban J connectivity index is 3.11. The molecule has 0 saturated heterocycles. The van der Waals surface area contributed by atoms with Crippen molar-refractivity contribution in [3.05, 3.63) is 46.5 Å². The van der Waals surface area contributed by atoms with E-state index in [0.717, 1.165) is 12.1 Å². The van der Waals surface area contributed by atoms with E-state index in [2.05, 4.69) is 22.5 Å². The molecule has 3 N–H and O–H groups in total. The van der Waals surface area contributed by atoms with Gasteiger partial charge >= 0.3 is 6.18 Å². The molecule has 0 heterocycles. The fraction of sp³-hybridized carbons (Fsp3) is 0.412. The molecular weight excluding hydrogens is 409 g/mol. The molecule has 0 fully saturated rings. The Hall–Kier alpha value is -2.20. The molecule has 5 nitrogen and oxygen atoms in total. The minimum atomic E-state index is -4.64. The van der Waals surface area contributed by atoms with E-state index in [-0.39, 0.29) is 18.5 Å². The average molecular weight is 428 g/mol. The number of carbonyl (C=O) groups excluding carboxylic acids is 2. The number of hydrogen-bond acceptors (Lipinski definition) is 3. The van der Waals surface area contributed by atoms with Crippen LogP contribution in [0.1, 0.15) is 24.4 Å². The second kappa shape index (κ2) is 10.4. The number of likely N-dealkylation sites (N-methyl/N-ethyl adjacent to an activating group) is 1. The van der Waals surface area contributed by atoms with Crippen molar-refractivity contribution in [1.82, 2.24) is 16.0 Å². The Bertz CT molecular complexity index is 727. The lowest BCUT2D eigenvalue weighted by Crippen LogP contribution is -2.49. The number of nitrogens with one attached hydrogen (secondary N) is 3. The third-order valence-electron chi connectivity index (χ3n) is 3.96. The van der Waals surface area contributed by atoms with Crippen LogP contribution in [0.3, 0.4) is 0 Å². The Labute approximate surface area is 163 Å². The van der Waals surface area contributed by atoms with Gasteiger partial charge in [0.1, 0.15) is 22.7 Å². The molecule has 1 aromatic rings. The lowest BCUT2D eigenvalue weighted by atomic mass is 9.98. The van der Waals surface area contributed by atoms with E-state index in [1.807, 2.05) is 0 Å². The highest BCUT2D eigenvalue weighted by Crippen LogP contribution is 2.33. The van der Waals surface area contributed by atoms with Crippen molar-refractivity contribution in [3.8, 4) is 0 Å². The van der Waals surface area contributed by atoms with Crippen molar-refractivity contribution in [2.45, 2.75) is 31.1 Å². The fourth-order valence-corrected chi connectivity index (χ4v) is 2.51. The number of carbonyl (C=O) groups is 2. The first-order valence-electron chi connectivity index (χ1n) is 8.05. The van der Waals surface area contributed by atoms with Crippen molar-refractivity contribution in [2.24, 2.45) is 0 Å². The molecule has 0 saturated carbocycles. The van der Waals surface area contributed by atoms with E-state index < -0.39 is 52.8 Å². The number of benzene rings is 1. The Morgan fingerprint density at radius 2 is 1.96 bits per heavy atom. The molecule has 0 bridgehead atoms. The zero-order valence-electron chi connectivity index (χ0n) is 14.8. The molecule has 28 heavy (non-hydrogen) atoms.